The zero-order valence-electron chi connectivity index (χ0n) is 11.9. The van der Waals surface area contributed by atoms with E-state index in [1.54, 1.807) is 37.4 Å². The van der Waals surface area contributed by atoms with Crippen molar-refractivity contribution < 1.29 is 17.9 Å². The first kappa shape index (κ1) is 15.3. The number of sulfonamides is 1. The third kappa shape index (κ3) is 3.96. The molecule has 21 heavy (non-hydrogen) atoms. The predicted molar refractivity (Wildman–Crippen MR) is 81.0 cm³/mol. The molecule has 2 rings (SSSR count). The van der Waals surface area contributed by atoms with Gasteiger partial charge in [0.2, 0.25) is 0 Å². The number of ether oxygens (including phenoxy) is 2. The van der Waals surface area contributed by atoms with Crippen molar-refractivity contribution in [2.24, 2.45) is 0 Å². The third-order valence-corrected chi connectivity index (χ3v) is 4.26. The molecule has 6 heteroatoms. The second kappa shape index (κ2) is 6.60. The molecule has 0 atom stereocenters. The van der Waals surface area contributed by atoms with Gasteiger partial charge in [0.15, 0.2) is 0 Å². The van der Waals surface area contributed by atoms with Gasteiger partial charge in [0, 0.05) is 12.8 Å². The Balaban J connectivity index is 2.21. The first-order valence-electron chi connectivity index (χ1n) is 6.30. The molecule has 0 fully saturated rings. The van der Waals surface area contributed by atoms with Gasteiger partial charge in [-0.2, -0.15) is 0 Å². The zero-order valence-corrected chi connectivity index (χ0v) is 12.7. The fourth-order valence-electron chi connectivity index (χ4n) is 1.86. The Labute approximate surface area is 124 Å². The number of anilines is 1. The average Bonchev–Trinajstić information content (AvgIpc) is 2.47. The largest absolute Gasteiger partial charge is 0.497 e. The van der Waals surface area contributed by atoms with E-state index < -0.39 is 10.0 Å². The molecule has 0 saturated heterocycles. The molecule has 0 aliphatic rings. The number of methoxy groups -OCH3 is 2. The Morgan fingerprint density at radius 3 is 2.38 bits per heavy atom. The summed E-state index contributed by atoms with van der Waals surface area (Å²) in [6, 6.07) is 13.3. The standard InChI is InChI=1S/C15H17NO4S/c1-19-11-12-4-3-5-13(10-12)16-21(17,18)15-8-6-14(20-2)7-9-15/h3-10,16H,11H2,1-2H3. The molecule has 0 radical (unpaired) electrons. The minimum atomic E-state index is -3.62. The molecule has 112 valence electrons. The Morgan fingerprint density at radius 1 is 1.05 bits per heavy atom. The summed E-state index contributed by atoms with van der Waals surface area (Å²) in [6.07, 6.45) is 0. The highest BCUT2D eigenvalue weighted by atomic mass is 32.2. The summed E-state index contributed by atoms with van der Waals surface area (Å²) < 4.78 is 37.2. The summed E-state index contributed by atoms with van der Waals surface area (Å²) in [5.41, 5.74) is 1.40. The minimum absolute atomic E-state index is 0.181. The Morgan fingerprint density at radius 2 is 1.76 bits per heavy atom. The van der Waals surface area contributed by atoms with Crippen LogP contribution in [0.1, 0.15) is 5.56 Å². The summed E-state index contributed by atoms with van der Waals surface area (Å²) >= 11 is 0. The molecule has 0 heterocycles. The second-order valence-corrected chi connectivity index (χ2v) is 6.10. The summed E-state index contributed by atoms with van der Waals surface area (Å²) in [4.78, 5) is 0.181. The topological polar surface area (TPSA) is 64.6 Å². The van der Waals surface area contributed by atoms with Crippen LogP contribution in [-0.4, -0.2) is 22.6 Å². The van der Waals surface area contributed by atoms with Gasteiger partial charge in [0.1, 0.15) is 5.75 Å². The molecule has 0 unspecified atom stereocenters. The Bertz CT molecular complexity index is 696. The van der Waals surface area contributed by atoms with Gasteiger partial charge in [0.25, 0.3) is 10.0 Å². The van der Waals surface area contributed by atoms with Crippen molar-refractivity contribution in [2.75, 3.05) is 18.9 Å². The molecular formula is C15H17NO4S. The molecule has 0 aromatic heterocycles. The van der Waals surface area contributed by atoms with Crippen molar-refractivity contribution in [3.8, 4) is 5.75 Å². The van der Waals surface area contributed by atoms with Gasteiger partial charge < -0.3 is 9.47 Å². The van der Waals surface area contributed by atoms with E-state index in [0.717, 1.165) is 5.56 Å². The highest BCUT2D eigenvalue weighted by molar-refractivity contribution is 7.92. The summed E-state index contributed by atoms with van der Waals surface area (Å²) in [5.74, 6) is 0.607. The molecule has 0 bridgehead atoms. The first-order chi connectivity index (χ1) is 10.0. The van der Waals surface area contributed by atoms with E-state index in [2.05, 4.69) is 4.72 Å². The molecular weight excluding hydrogens is 290 g/mol. The van der Waals surface area contributed by atoms with Gasteiger partial charge >= 0.3 is 0 Å². The maximum Gasteiger partial charge on any atom is 0.261 e. The van der Waals surface area contributed by atoms with Crippen LogP contribution >= 0.6 is 0 Å². The zero-order chi connectivity index (χ0) is 15.3. The number of benzene rings is 2. The number of rotatable bonds is 6. The van der Waals surface area contributed by atoms with Crippen LogP contribution < -0.4 is 9.46 Å². The van der Waals surface area contributed by atoms with E-state index in [1.165, 1.54) is 19.2 Å². The quantitative estimate of drug-likeness (QED) is 0.891. The van der Waals surface area contributed by atoms with Gasteiger partial charge in [0.05, 0.1) is 18.6 Å². The van der Waals surface area contributed by atoms with Gasteiger partial charge in [-0.3, -0.25) is 4.72 Å². The lowest BCUT2D eigenvalue weighted by Gasteiger charge is -2.10. The number of hydrogen-bond acceptors (Lipinski definition) is 4. The second-order valence-electron chi connectivity index (χ2n) is 4.41. The molecule has 0 aliphatic heterocycles. The maximum atomic E-state index is 12.3. The van der Waals surface area contributed by atoms with Gasteiger partial charge in [-0.15, -0.1) is 0 Å². The highest BCUT2D eigenvalue weighted by Crippen LogP contribution is 2.20. The van der Waals surface area contributed by atoms with E-state index >= 15 is 0 Å². The average molecular weight is 307 g/mol. The van der Waals surface area contributed by atoms with Crippen LogP contribution in [0.15, 0.2) is 53.4 Å². The lowest BCUT2D eigenvalue weighted by atomic mass is 10.2. The van der Waals surface area contributed by atoms with Crippen molar-refractivity contribution in [1.29, 1.82) is 0 Å². The first-order valence-corrected chi connectivity index (χ1v) is 7.78. The molecule has 0 amide bonds. The monoisotopic (exact) mass is 307 g/mol. The minimum Gasteiger partial charge on any atom is -0.497 e. The normalized spacial score (nSPS) is 11.1. The maximum absolute atomic E-state index is 12.3. The predicted octanol–water partition coefficient (Wildman–Crippen LogP) is 2.64. The van der Waals surface area contributed by atoms with E-state index in [-0.39, 0.29) is 4.90 Å². The van der Waals surface area contributed by atoms with Crippen molar-refractivity contribution in [1.82, 2.24) is 0 Å². The Kier molecular flexibility index (Phi) is 4.82. The van der Waals surface area contributed by atoms with E-state index in [4.69, 9.17) is 9.47 Å². The third-order valence-electron chi connectivity index (χ3n) is 2.86. The van der Waals surface area contributed by atoms with Crippen LogP contribution in [0.3, 0.4) is 0 Å². The fourth-order valence-corrected chi connectivity index (χ4v) is 2.91. The summed E-state index contributed by atoms with van der Waals surface area (Å²) in [5, 5.41) is 0. The summed E-state index contributed by atoms with van der Waals surface area (Å²) in [6.45, 7) is 0.429. The van der Waals surface area contributed by atoms with E-state index in [9.17, 15) is 8.42 Å². The van der Waals surface area contributed by atoms with Crippen molar-refractivity contribution in [2.45, 2.75) is 11.5 Å². The smallest absolute Gasteiger partial charge is 0.261 e. The van der Waals surface area contributed by atoms with Crippen LogP contribution in [0.25, 0.3) is 0 Å². The van der Waals surface area contributed by atoms with Gasteiger partial charge in [-0.05, 0) is 42.0 Å². The lowest BCUT2D eigenvalue weighted by Crippen LogP contribution is -2.13. The molecule has 0 saturated carbocycles. The van der Waals surface area contributed by atoms with Crippen molar-refractivity contribution in [3.63, 3.8) is 0 Å². The van der Waals surface area contributed by atoms with Crippen LogP contribution in [-0.2, 0) is 21.4 Å². The summed E-state index contributed by atoms with van der Waals surface area (Å²) in [7, 11) is -0.494. The lowest BCUT2D eigenvalue weighted by molar-refractivity contribution is 0.185. The van der Waals surface area contributed by atoms with Crippen LogP contribution in [0.5, 0.6) is 5.75 Å². The number of nitrogens with one attached hydrogen (secondary N) is 1. The molecule has 0 spiro atoms. The van der Waals surface area contributed by atoms with Crippen molar-refractivity contribution in [3.05, 3.63) is 54.1 Å². The molecule has 5 nitrogen and oxygen atoms in total. The van der Waals surface area contributed by atoms with Crippen LogP contribution in [0, 0.1) is 0 Å². The molecule has 2 aromatic carbocycles. The van der Waals surface area contributed by atoms with E-state index in [1.807, 2.05) is 6.07 Å². The highest BCUT2D eigenvalue weighted by Gasteiger charge is 2.14. The van der Waals surface area contributed by atoms with Crippen LogP contribution in [0.2, 0.25) is 0 Å². The SMILES string of the molecule is COCc1cccc(NS(=O)(=O)c2ccc(OC)cc2)c1. The van der Waals surface area contributed by atoms with Gasteiger partial charge in [-0.25, -0.2) is 8.42 Å². The van der Waals surface area contributed by atoms with Crippen molar-refractivity contribution >= 4 is 15.7 Å². The van der Waals surface area contributed by atoms with E-state index in [0.29, 0.717) is 18.0 Å². The fraction of sp³-hybridized carbons (Fsp3) is 0.200. The molecule has 0 aliphatic carbocycles. The van der Waals surface area contributed by atoms with Gasteiger partial charge in [-0.1, -0.05) is 12.1 Å². The molecule has 2 aromatic rings. The number of hydrogen-bond donors (Lipinski definition) is 1. The van der Waals surface area contributed by atoms with Crippen LogP contribution in [0.4, 0.5) is 5.69 Å². The Hall–Kier alpha value is -2.05. The molecule has 1 N–H and O–H groups in total.